The van der Waals surface area contributed by atoms with Crippen molar-refractivity contribution in [2.75, 3.05) is 5.75 Å². The van der Waals surface area contributed by atoms with E-state index < -0.39 is 6.04 Å². The van der Waals surface area contributed by atoms with Crippen molar-refractivity contribution in [1.82, 2.24) is 10.2 Å². The number of halogens is 2. The van der Waals surface area contributed by atoms with Gasteiger partial charge < -0.3 is 10.2 Å². The molecule has 1 atom stereocenters. The molecule has 1 N–H and O–H groups in total. The largest absolute Gasteiger partial charge is 0.352 e. The molecule has 166 valence electrons. The number of rotatable bonds is 9. The molecule has 0 heterocycles. The maximum absolute atomic E-state index is 13.3. The molecule has 0 aliphatic heterocycles. The van der Waals surface area contributed by atoms with Gasteiger partial charge in [-0.15, -0.1) is 11.8 Å². The third kappa shape index (κ3) is 7.16. The van der Waals surface area contributed by atoms with Crippen molar-refractivity contribution in [2.45, 2.75) is 62.6 Å². The average Bonchev–Trinajstić information content (AvgIpc) is 3.27. The lowest BCUT2D eigenvalue weighted by molar-refractivity contribution is -0.139. The summed E-state index contributed by atoms with van der Waals surface area (Å²) in [5, 5.41) is 4.47. The number of hydrogen-bond donors (Lipinski definition) is 1. The summed E-state index contributed by atoms with van der Waals surface area (Å²) in [5.41, 5.74) is 0.946. The summed E-state index contributed by atoms with van der Waals surface area (Å²) < 4.78 is 0. The molecule has 2 amide bonds. The molecule has 2 aromatic carbocycles. The van der Waals surface area contributed by atoms with E-state index in [-0.39, 0.29) is 23.6 Å². The van der Waals surface area contributed by atoms with E-state index in [9.17, 15) is 9.59 Å². The Morgan fingerprint density at radius 1 is 1.03 bits per heavy atom. The van der Waals surface area contributed by atoms with Crippen molar-refractivity contribution in [3.63, 3.8) is 0 Å². The normalized spacial score (nSPS) is 14.9. The summed E-state index contributed by atoms with van der Waals surface area (Å²) in [7, 11) is 0. The highest BCUT2D eigenvalue weighted by molar-refractivity contribution is 8.00. The molecule has 1 aliphatic carbocycles. The van der Waals surface area contributed by atoms with Gasteiger partial charge in [0.25, 0.3) is 0 Å². The molecular formula is C24H28Cl2N2O2S. The lowest BCUT2D eigenvalue weighted by Crippen LogP contribution is -2.51. The van der Waals surface area contributed by atoms with Crippen molar-refractivity contribution in [1.29, 1.82) is 0 Å². The van der Waals surface area contributed by atoms with E-state index in [0.29, 0.717) is 23.0 Å². The van der Waals surface area contributed by atoms with Gasteiger partial charge in [-0.05, 0) is 61.2 Å². The van der Waals surface area contributed by atoms with Gasteiger partial charge in [-0.3, -0.25) is 9.59 Å². The monoisotopic (exact) mass is 478 g/mol. The number of amides is 2. The van der Waals surface area contributed by atoms with Crippen molar-refractivity contribution in [3.8, 4) is 0 Å². The van der Waals surface area contributed by atoms with E-state index in [4.69, 9.17) is 23.2 Å². The lowest BCUT2D eigenvalue weighted by atomic mass is 10.1. The second kappa shape index (κ2) is 11.8. The van der Waals surface area contributed by atoms with Crippen molar-refractivity contribution >= 4 is 46.8 Å². The summed E-state index contributed by atoms with van der Waals surface area (Å²) in [4.78, 5) is 29.0. The summed E-state index contributed by atoms with van der Waals surface area (Å²) in [5.74, 6) is 0.124. The van der Waals surface area contributed by atoms with Gasteiger partial charge >= 0.3 is 0 Å². The third-order valence-corrected chi connectivity index (χ3v) is 7.03. The molecular weight excluding hydrogens is 451 g/mol. The summed E-state index contributed by atoms with van der Waals surface area (Å²) in [6, 6.07) is 14.5. The molecule has 4 nitrogen and oxygen atoms in total. The van der Waals surface area contributed by atoms with Gasteiger partial charge in [0, 0.05) is 27.5 Å². The van der Waals surface area contributed by atoms with Gasteiger partial charge in [-0.25, -0.2) is 0 Å². The molecule has 0 radical (unpaired) electrons. The number of hydrogen-bond acceptors (Lipinski definition) is 3. The number of carbonyl (C=O) groups is 2. The molecule has 1 saturated carbocycles. The predicted octanol–water partition coefficient (Wildman–Crippen LogP) is 5.95. The molecule has 0 aromatic heterocycles. The van der Waals surface area contributed by atoms with Crippen LogP contribution in [0.3, 0.4) is 0 Å². The quantitative estimate of drug-likeness (QED) is 0.452. The van der Waals surface area contributed by atoms with E-state index in [2.05, 4.69) is 5.32 Å². The zero-order valence-corrected chi connectivity index (χ0v) is 20.0. The van der Waals surface area contributed by atoms with Crippen LogP contribution in [0.15, 0.2) is 53.4 Å². The van der Waals surface area contributed by atoms with Crippen LogP contribution in [0, 0.1) is 0 Å². The third-order valence-electron chi connectivity index (χ3n) is 5.53. The topological polar surface area (TPSA) is 49.4 Å². The molecule has 1 unspecified atom stereocenters. The number of thioether (sulfide) groups is 1. The second-order valence-corrected chi connectivity index (χ2v) is 9.73. The Morgan fingerprint density at radius 2 is 1.61 bits per heavy atom. The minimum Gasteiger partial charge on any atom is -0.352 e. The van der Waals surface area contributed by atoms with Crippen LogP contribution in [0.1, 0.15) is 44.6 Å². The number of carbonyl (C=O) groups excluding carboxylic acids is 2. The molecule has 0 spiro atoms. The van der Waals surface area contributed by atoms with E-state index in [1.807, 2.05) is 55.5 Å². The van der Waals surface area contributed by atoms with Crippen LogP contribution in [0.2, 0.25) is 10.0 Å². The number of nitrogens with one attached hydrogen (secondary N) is 1. The average molecular weight is 479 g/mol. The molecule has 0 saturated heterocycles. The van der Waals surface area contributed by atoms with Crippen LogP contribution in [0.4, 0.5) is 0 Å². The van der Waals surface area contributed by atoms with Gasteiger partial charge in [0.15, 0.2) is 0 Å². The van der Waals surface area contributed by atoms with Gasteiger partial charge in [-0.1, -0.05) is 55.1 Å². The van der Waals surface area contributed by atoms with Crippen molar-refractivity contribution < 1.29 is 9.59 Å². The summed E-state index contributed by atoms with van der Waals surface area (Å²) in [6.07, 6.45) is 4.88. The van der Waals surface area contributed by atoms with Crippen LogP contribution in [-0.2, 0) is 16.1 Å². The summed E-state index contributed by atoms with van der Waals surface area (Å²) >= 11 is 13.4. The lowest BCUT2D eigenvalue weighted by Gasteiger charge is -2.31. The van der Waals surface area contributed by atoms with Crippen LogP contribution in [0.5, 0.6) is 0 Å². The van der Waals surface area contributed by atoms with Crippen LogP contribution in [0.25, 0.3) is 0 Å². The van der Waals surface area contributed by atoms with Crippen LogP contribution >= 0.6 is 35.0 Å². The maximum atomic E-state index is 13.3. The number of nitrogens with zero attached hydrogens (tertiary/aromatic N) is 1. The van der Waals surface area contributed by atoms with E-state index in [0.717, 1.165) is 36.1 Å². The van der Waals surface area contributed by atoms with Gasteiger partial charge in [0.1, 0.15) is 6.04 Å². The Kier molecular flexibility index (Phi) is 9.12. The van der Waals surface area contributed by atoms with Gasteiger partial charge in [-0.2, -0.15) is 0 Å². The maximum Gasteiger partial charge on any atom is 0.243 e. The fourth-order valence-corrected chi connectivity index (χ4v) is 4.87. The minimum atomic E-state index is -0.505. The smallest absolute Gasteiger partial charge is 0.243 e. The molecule has 7 heteroatoms. The fraction of sp³-hybridized carbons (Fsp3) is 0.417. The highest BCUT2D eigenvalue weighted by atomic mass is 35.5. The fourth-order valence-electron chi connectivity index (χ4n) is 3.83. The minimum absolute atomic E-state index is 0.0618. The highest BCUT2D eigenvalue weighted by Crippen LogP contribution is 2.23. The molecule has 3 rings (SSSR count). The first kappa shape index (κ1) is 24.0. The summed E-state index contributed by atoms with van der Waals surface area (Å²) in [6.45, 7) is 2.32. The zero-order valence-electron chi connectivity index (χ0n) is 17.7. The predicted molar refractivity (Wildman–Crippen MR) is 129 cm³/mol. The molecule has 1 fully saturated rings. The van der Waals surface area contributed by atoms with Gasteiger partial charge in [0.2, 0.25) is 11.8 Å². The Morgan fingerprint density at radius 3 is 2.19 bits per heavy atom. The van der Waals surface area contributed by atoms with E-state index >= 15 is 0 Å². The first-order valence-corrected chi connectivity index (χ1v) is 12.4. The second-order valence-electron chi connectivity index (χ2n) is 7.80. The first-order valence-electron chi connectivity index (χ1n) is 10.7. The zero-order chi connectivity index (χ0) is 22.2. The number of benzene rings is 2. The Hall–Kier alpha value is -1.69. The van der Waals surface area contributed by atoms with E-state index in [1.54, 1.807) is 4.90 Å². The molecule has 31 heavy (non-hydrogen) atoms. The van der Waals surface area contributed by atoms with Gasteiger partial charge in [0.05, 0.1) is 5.75 Å². The SMILES string of the molecule is CCC(C(=O)NC1CCCC1)N(Cc1ccc(Cl)cc1)C(=O)CSc1ccc(Cl)cc1. The Balaban J connectivity index is 1.74. The molecule has 2 aromatic rings. The Labute approximate surface area is 198 Å². The van der Waals surface area contributed by atoms with Crippen molar-refractivity contribution in [2.24, 2.45) is 0 Å². The highest BCUT2D eigenvalue weighted by Gasteiger charge is 2.30. The molecule has 1 aliphatic rings. The standard InChI is InChI=1S/C24H28Cl2N2O2S/c1-2-22(24(30)27-20-5-3-4-6-20)28(15-17-7-9-18(25)10-8-17)23(29)16-31-21-13-11-19(26)12-14-21/h7-14,20,22H,2-6,15-16H2,1H3,(H,27,30). The van der Waals surface area contributed by atoms with Crippen molar-refractivity contribution in [3.05, 3.63) is 64.1 Å². The van der Waals surface area contributed by atoms with Crippen LogP contribution in [-0.4, -0.2) is 34.6 Å². The Bertz CT molecular complexity index is 868. The van der Waals surface area contributed by atoms with Crippen LogP contribution < -0.4 is 5.32 Å². The first-order chi connectivity index (χ1) is 15.0. The van der Waals surface area contributed by atoms with E-state index in [1.165, 1.54) is 11.8 Å². The molecule has 0 bridgehead atoms.